The van der Waals surface area contributed by atoms with E-state index < -0.39 is 5.97 Å². The van der Waals surface area contributed by atoms with Crippen LogP contribution in [0.25, 0.3) is 20.9 Å². The number of hydrogen-bond donors (Lipinski definition) is 1. The van der Waals surface area contributed by atoms with Crippen LogP contribution in [0, 0.1) is 0 Å². The van der Waals surface area contributed by atoms with Crippen molar-refractivity contribution in [3.8, 4) is 0 Å². The Morgan fingerprint density at radius 2 is 1.88 bits per heavy atom. The van der Waals surface area contributed by atoms with Crippen LogP contribution in [0.1, 0.15) is 9.67 Å². The lowest BCUT2D eigenvalue weighted by molar-refractivity contribution is 0.0701. The van der Waals surface area contributed by atoms with Gasteiger partial charge in [0.25, 0.3) is 0 Å². The zero-order valence-electron chi connectivity index (χ0n) is 8.61. The van der Waals surface area contributed by atoms with Crippen LogP contribution in [0.2, 0.25) is 0 Å². The van der Waals surface area contributed by atoms with Gasteiger partial charge in [0.15, 0.2) is 0 Å². The van der Waals surface area contributed by atoms with Gasteiger partial charge in [-0.1, -0.05) is 36.4 Å². The van der Waals surface area contributed by atoms with E-state index in [1.165, 1.54) is 11.3 Å². The van der Waals surface area contributed by atoms with E-state index in [0.717, 1.165) is 20.9 Å². The molecular formula is C13H7BrO2S. The summed E-state index contributed by atoms with van der Waals surface area (Å²) in [6, 6.07) is 12.0. The van der Waals surface area contributed by atoms with E-state index in [-0.39, 0.29) is 0 Å². The van der Waals surface area contributed by atoms with Crippen molar-refractivity contribution in [1.82, 2.24) is 0 Å². The van der Waals surface area contributed by atoms with Crippen LogP contribution < -0.4 is 0 Å². The molecule has 0 fully saturated rings. The van der Waals surface area contributed by atoms with Crippen molar-refractivity contribution in [2.45, 2.75) is 0 Å². The number of halogens is 1. The molecule has 0 saturated carbocycles. The summed E-state index contributed by atoms with van der Waals surface area (Å²) in [4.78, 5) is 11.5. The highest BCUT2D eigenvalue weighted by Gasteiger charge is 2.16. The average molecular weight is 307 g/mol. The summed E-state index contributed by atoms with van der Waals surface area (Å²) in [6.07, 6.45) is 0. The zero-order valence-corrected chi connectivity index (χ0v) is 11.0. The molecule has 1 heterocycles. The van der Waals surface area contributed by atoms with Crippen molar-refractivity contribution >= 4 is 54.1 Å². The van der Waals surface area contributed by atoms with Gasteiger partial charge in [0.05, 0.1) is 4.47 Å². The van der Waals surface area contributed by atoms with Crippen molar-refractivity contribution in [1.29, 1.82) is 0 Å². The maximum absolute atomic E-state index is 11.1. The summed E-state index contributed by atoms with van der Waals surface area (Å²) in [6.45, 7) is 0. The van der Waals surface area contributed by atoms with E-state index in [9.17, 15) is 4.79 Å². The Morgan fingerprint density at radius 3 is 2.65 bits per heavy atom. The Bertz CT molecular complexity index is 746. The number of hydrogen-bond acceptors (Lipinski definition) is 2. The van der Waals surface area contributed by atoms with Gasteiger partial charge in [0.2, 0.25) is 0 Å². The van der Waals surface area contributed by atoms with E-state index in [4.69, 9.17) is 5.11 Å². The quantitative estimate of drug-likeness (QED) is 0.718. The number of carbonyl (C=O) groups is 1. The highest BCUT2D eigenvalue weighted by Crippen LogP contribution is 2.39. The second-order valence-electron chi connectivity index (χ2n) is 3.71. The molecule has 1 N–H and O–H groups in total. The highest BCUT2D eigenvalue weighted by atomic mass is 79.9. The summed E-state index contributed by atoms with van der Waals surface area (Å²) >= 11 is 4.68. The van der Waals surface area contributed by atoms with Crippen molar-refractivity contribution in [3.63, 3.8) is 0 Å². The van der Waals surface area contributed by atoms with Gasteiger partial charge >= 0.3 is 5.97 Å². The number of carboxylic acid groups (broad SMARTS) is 1. The SMILES string of the molecule is O=C(O)c1sc2c(ccc3ccccc32)c1Br. The smallest absolute Gasteiger partial charge is 0.347 e. The first-order chi connectivity index (χ1) is 8.18. The normalized spacial score (nSPS) is 11.1. The minimum Gasteiger partial charge on any atom is -0.477 e. The molecule has 3 aromatic rings. The van der Waals surface area contributed by atoms with Crippen LogP contribution in [0.3, 0.4) is 0 Å². The van der Waals surface area contributed by atoms with Crippen LogP contribution in [0.15, 0.2) is 40.9 Å². The summed E-state index contributed by atoms with van der Waals surface area (Å²) in [5, 5.41) is 12.3. The van der Waals surface area contributed by atoms with Gasteiger partial charge in [-0.2, -0.15) is 0 Å². The Labute approximate surface area is 110 Å². The summed E-state index contributed by atoms with van der Waals surface area (Å²) in [7, 11) is 0. The Hall–Kier alpha value is -1.39. The van der Waals surface area contributed by atoms with Gasteiger partial charge < -0.3 is 5.11 Å². The molecule has 0 bridgehead atoms. The van der Waals surface area contributed by atoms with E-state index in [2.05, 4.69) is 15.9 Å². The molecule has 0 aliphatic rings. The van der Waals surface area contributed by atoms with Crippen LogP contribution in [0.4, 0.5) is 0 Å². The lowest BCUT2D eigenvalue weighted by atomic mass is 10.1. The zero-order chi connectivity index (χ0) is 12.0. The van der Waals surface area contributed by atoms with Gasteiger partial charge in [0, 0.05) is 10.1 Å². The Balaban J connectivity index is 2.51. The fourth-order valence-electron chi connectivity index (χ4n) is 1.93. The average Bonchev–Trinajstić information content (AvgIpc) is 2.67. The lowest BCUT2D eigenvalue weighted by Crippen LogP contribution is -1.91. The first-order valence-electron chi connectivity index (χ1n) is 5.01. The predicted molar refractivity (Wildman–Crippen MR) is 74.0 cm³/mol. The molecule has 0 amide bonds. The first kappa shape index (κ1) is 10.7. The molecule has 0 aliphatic carbocycles. The van der Waals surface area contributed by atoms with Gasteiger partial charge in [-0.05, 0) is 26.7 Å². The van der Waals surface area contributed by atoms with Crippen molar-refractivity contribution in [3.05, 3.63) is 45.7 Å². The number of rotatable bonds is 1. The summed E-state index contributed by atoms with van der Waals surface area (Å²) in [5.41, 5.74) is 0. The number of benzene rings is 2. The maximum Gasteiger partial charge on any atom is 0.347 e. The molecule has 0 unspecified atom stereocenters. The van der Waals surface area contributed by atoms with Crippen molar-refractivity contribution in [2.75, 3.05) is 0 Å². The van der Waals surface area contributed by atoms with Crippen LogP contribution in [-0.2, 0) is 0 Å². The molecule has 0 aliphatic heterocycles. The minimum atomic E-state index is -0.887. The third-order valence-corrected chi connectivity index (χ3v) is 5.03. The van der Waals surface area contributed by atoms with Crippen LogP contribution in [-0.4, -0.2) is 11.1 Å². The molecule has 0 saturated heterocycles. The fraction of sp³-hybridized carbons (Fsp3) is 0. The van der Waals surface area contributed by atoms with E-state index in [1.807, 2.05) is 36.4 Å². The maximum atomic E-state index is 11.1. The van der Waals surface area contributed by atoms with Crippen molar-refractivity contribution < 1.29 is 9.90 Å². The lowest BCUT2D eigenvalue weighted by Gasteiger charge is -1.98. The third kappa shape index (κ3) is 1.56. The molecule has 1 aromatic heterocycles. The van der Waals surface area contributed by atoms with Crippen LogP contribution in [0.5, 0.6) is 0 Å². The molecule has 17 heavy (non-hydrogen) atoms. The molecule has 0 radical (unpaired) electrons. The standard InChI is InChI=1S/C13H7BrO2S/c14-10-9-6-5-7-3-1-2-4-8(7)11(9)17-12(10)13(15)16/h1-6H,(H,15,16). The number of thiophene rings is 1. The molecule has 4 heteroatoms. The molecule has 0 spiro atoms. The number of carboxylic acids is 1. The van der Waals surface area contributed by atoms with Gasteiger partial charge in [-0.25, -0.2) is 4.79 Å². The Morgan fingerprint density at radius 1 is 1.12 bits per heavy atom. The first-order valence-corrected chi connectivity index (χ1v) is 6.62. The van der Waals surface area contributed by atoms with Crippen LogP contribution >= 0.6 is 27.3 Å². The van der Waals surface area contributed by atoms with Gasteiger partial charge in [-0.3, -0.25) is 0 Å². The molecule has 2 aromatic carbocycles. The van der Waals surface area contributed by atoms with E-state index >= 15 is 0 Å². The monoisotopic (exact) mass is 306 g/mol. The molecular weight excluding hydrogens is 300 g/mol. The van der Waals surface area contributed by atoms with E-state index in [0.29, 0.717) is 9.35 Å². The molecule has 84 valence electrons. The third-order valence-electron chi connectivity index (χ3n) is 2.71. The van der Waals surface area contributed by atoms with Crippen molar-refractivity contribution in [2.24, 2.45) is 0 Å². The number of aromatic carboxylic acids is 1. The second kappa shape index (κ2) is 3.82. The highest BCUT2D eigenvalue weighted by molar-refractivity contribution is 9.10. The molecule has 3 rings (SSSR count). The summed E-state index contributed by atoms with van der Waals surface area (Å²) < 4.78 is 1.70. The Kier molecular flexibility index (Phi) is 2.42. The number of fused-ring (bicyclic) bond motifs is 3. The van der Waals surface area contributed by atoms with Gasteiger partial charge in [0.1, 0.15) is 4.88 Å². The summed E-state index contributed by atoms with van der Waals surface area (Å²) in [5.74, 6) is -0.887. The van der Waals surface area contributed by atoms with E-state index in [1.54, 1.807) is 0 Å². The molecule has 2 nitrogen and oxygen atoms in total. The topological polar surface area (TPSA) is 37.3 Å². The fourth-order valence-corrected chi connectivity index (χ4v) is 3.87. The minimum absolute atomic E-state index is 0.358. The largest absolute Gasteiger partial charge is 0.477 e. The second-order valence-corrected chi connectivity index (χ2v) is 5.53. The predicted octanol–water partition coefficient (Wildman–Crippen LogP) is 4.52. The van der Waals surface area contributed by atoms with Gasteiger partial charge in [-0.15, -0.1) is 11.3 Å². The molecule has 0 atom stereocenters.